The van der Waals surface area contributed by atoms with Gasteiger partial charge in [0.15, 0.2) is 0 Å². The second kappa shape index (κ2) is 8.96. The van der Waals surface area contributed by atoms with E-state index in [1.807, 2.05) is 6.07 Å². The fourth-order valence-corrected chi connectivity index (χ4v) is 3.80. The van der Waals surface area contributed by atoms with Crippen LogP contribution in [0.1, 0.15) is 32.6 Å². The number of carbonyl (C=O) groups excluding carboxylic acids is 1. The summed E-state index contributed by atoms with van der Waals surface area (Å²) in [6.45, 7) is 0.526. The standard InChI is InChI=1S/C23H21F3N4O2/c24-23(25,26)17-11-16(13-27-14-17)10-15-4-6-29-21(12-15)30(8-9-31)22(32)19-2-1-3-20-18(19)5-7-28-20/h1-4,6,11-14,28,31H,5,7-10H2. The zero-order valence-electron chi connectivity index (χ0n) is 17.1. The first-order valence-electron chi connectivity index (χ1n) is 10.1. The van der Waals surface area contributed by atoms with Gasteiger partial charge in [-0.3, -0.25) is 14.7 Å². The Morgan fingerprint density at radius 1 is 1.16 bits per heavy atom. The van der Waals surface area contributed by atoms with E-state index in [2.05, 4.69) is 15.3 Å². The number of fused-ring (bicyclic) bond motifs is 1. The van der Waals surface area contributed by atoms with Crippen molar-refractivity contribution in [1.82, 2.24) is 9.97 Å². The number of pyridine rings is 2. The Morgan fingerprint density at radius 2 is 2.00 bits per heavy atom. The minimum Gasteiger partial charge on any atom is -0.395 e. The molecule has 166 valence electrons. The topological polar surface area (TPSA) is 78.4 Å². The number of anilines is 2. The summed E-state index contributed by atoms with van der Waals surface area (Å²) in [5, 5.41) is 12.8. The molecule has 0 spiro atoms. The number of hydrogen-bond acceptors (Lipinski definition) is 5. The first kappa shape index (κ1) is 21.8. The molecule has 32 heavy (non-hydrogen) atoms. The number of carbonyl (C=O) groups is 1. The van der Waals surface area contributed by atoms with Crippen molar-refractivity contribution in [3.8, 4) is 0 Å². The highest BCUT2D eigenvalue weighted by Gasteiger charge is 2.31. The van der Waals surface area contributed by atoms with Crippen LogP contribution in [-0.2, 0) is 19.0 Å². The van der Waals surface area contributed by atoms with E-state index in [0.717, 1.165) is 36.5 Å². The first-order chi connectivity index (χ1) is 15.4. The van der Waals surface area contributed by atoms with Crippen LogP contribution in [0.5, 0.6) is 0 Å². The predicted octanol–water partition coefficient (Wildman–Crippen LogP) is 3.69. The SMILES string of the molecule is O=C(c1cccc2c1CCN2)N(CCO)c1cc(Cc2cncc(C(F)(F)F)c2)ccn1. The molecule has 0 atom stereocenters. The molecule has 0 saturated carbocycles. The van der Waals surface area contributed by atoms with Gasteiger partial charge in [0, 0.05) is 36.4 Å². The normalized spacial score (nSPS) is 12.9. The third-order valence-electron chi connectivity index (χ3n) is 5.28. The lowest BCUT2D eigenvalue weighted by Gasteiger charge is -2.22. The largest absolute Gasteiger partial charge is 0.417 e. The molecule has 0 unspecified atom stereocenters. The number of nitrogens with zero attached hydrogens (tertiary/aromatic N) is 3. The molecule has 1 aromatic carbocycles. The van der Waals surface area contributed by atoms with Crippen molar-refractivity contribution in [2.45, 2.75) is 19.0 Å². The number of nitrogens with one attached hydrogen (secondary N) is 1. The highest BCUT2D eigenvalue weighted by atomic mass is 19.4. The first-order valence-corrected chi connectivity index (χ1v) is 10.1. The molecule has 0 radical (unpaired) electrons. The van der Waals surface area contributed by atoms with Gasteiger partial charge in [-0.2, -0.15) is 13.2 Å². The van der Waals surface area contributed by atoms with E-state index < -0.39 is 11.7 Å². The van der Waals surface area contributed by atoms with Crippen LogP contribution in [0.2, 0.25) is 0 Å². The monoisotopic (exact) mass is 442 g/mol. The molecule has 4 rings (SSSR count). The number of benzene rings is 1. The van der Waals surface area contributed by atoms with Crippen molar-refractivity contribution < 1.29 is 23.1 Å². The molecular weight excluding hydrogens is 421 g/mol. The maximum absolute atomic E-state index is 13.3. The van der Waals surface area contributed by atoms with E-state index in [1.54, 1.807) is 24.3 Å². The molecule has 1 aliphatic rings. The molecule has 9 heteroatoms. The Morgan fingerprint density at radius 3 is 2.78 bits per heavy atom. The van der Waals surface area contributed by atoms with Crippen LogP contribution in [0.25, 0.3) is 0 Å². The molecule has 3 heterocycles. The molecule has 0 saturated heterocycles. The van der Waals surface area contributed by atoms with Crippen LogP contribution < -0.4 is 10.2 Å². The zero-order valence-corrected chi connectivity index (χ0v) is 17.1. The Balaban J connectivity index is 1.62. The number of rotatable bonds is 6. The number of amides is 1. The van der Waals surface area contributed by atoms with Crippen molar-refractivity contribution >= 4 is 17.4 Å². The fraction of sp³-hybridized carbons (Fsp3) is 0.261. The highest BCUT2D eigenvalue weighted by Crippen LogP contribution is 2.30. The number of aromatic nitrogens is 2. The smallest absolute Gasteiger partial charge is 0.395 e. The van der Waals surface area contributed by atoms with E-state index in [0.29, 0.717) is 22.5 Å². The zero-order chi connectivity index (χ0) is 22.7. The maximum atomic E-state index is 13.3. The van der Waals surface area contributed by atoms with Gasteiger partial charge in [-0.1, -0.05) is 6.07 Å². The second-order valence-corrected chi connectivity index (χ2v) is 7.47. The molecular formula is C23H21F3N4O2. The highest BCUT2D eigenvalue weighted by molar-refractivity contribution is 6.07. The average molecular weight is 442 g/mol. The average Bonchev–Trinajstić information content (AvgIpc) is 3.26. The van der Waals surface area contributed by atoms with E-state index >= 15 is 0 Å². The quantitative estimate of drug-likeness (QED) is 0.609. The van der Waals surface area contributed by atoms with Gasteiger partial charge < -0.3 is 10.4 Å². The lowest BCUT2D eigenvalue weighted by atomic mass is 10.0. The molecule has 0 aliphatic carbocycles. The van der Waals surface area contributed by atoms with Crippen molar-refractivity contribution in [2.24, 2.45) is 0 Å². The van der Waals surface area contributed by atoms with Crippen molar-refractivity contribution in [3.63, 3.8) is 0 Å². The minimum absolute atomic E-state index is 0.0392. The van der Waals surface area contributed by atoms with Gasteiger partial charge in [0.2, 0.25) is 0 Å². The molecule has 0 bridgehead atoms. The van der Waals surface area contributed by atoms with Crippen LogP contribution in [0.3, 0.4) is 0 Å². The third-order valence-corrected chi connectivity index (χ3v) is 5.28. The lowest BCUT2D eigenvalue weighted by molar-refractivity contribution is -0.137. The number of aliphatic hydroxyl groups is 1. The van der Waals surface area contributed by atoms with Crippen LogP contribution in [0, 0.1) is 0 Å². The van der Waals surface area contributed by atoms with Gasteiger partial charge in [0.25, 0.3) is 5.91 Å². The summed E-state index contributed by atoms with van der Waals surface area (Å²) in [6.07, 6.45) is 0.114. The van der Waals surface area contributed by atoms with Gasteiger partial charge in [0.1, 0.15) is 5.82 Å². The number of halogens is 3. The molecule has 6 nitrogen and oxygen atoms in total. The Bertz CT molecular complexity index is 1130. The van der Waals surface area contributed by atoms with Crippen molar-refractivity contribution in [3.05, 3.63) is 82.8 Å². The summed E-state index contributed by atoms with van der Waals surface area (Å²) in [5.74, 6) is 0.0371. The van der Waals surface area contributed by atoms with Crippen LogP contribution in [0.4, 0.5) is 24.7 Å². The Kier molecular flexibility index (Phi) is 6.09. The van der Waals surface area contributed by atoms with Crippen LogP contribution in [-0.4, -0.2) is 40.7 Å². The van der Waals surface area contributed by atoms with Gasteiger partial charge >= 0.3 is 6.18 Å². The molecule has 0 fully saturated rings. The summed E-state index contributed by atoms with van der Waals surface area (Å²) in [4.78, 5) is 22.7. The lowest BCUT2D eigenvalue weighted by Crippen LogP contribution is -2.34. The summed E-state index contributed by atoms with van der Waals surface area (Å²) in [5.41, 5.74) is 2.63. The molecule has 2 N–H and O–H groups in total. The Labute approximate surface area is 182 Å². The van der Waals surface area contributed by atoms with Gasteiger partial charge in [-0.15, -0.1) is 0 Å². The van der Waals surface area contributed by atoms with Gasteiger partial charge in [-0.25, -0.2) is 4.98 Å². The summed E-state index contributed by atoms with van der Waals surface area (Å²) in [6, 6.07) is 9.84. The molecule has 3 aromatic rings. The predicted molar refractivity (Wildman–Crippen MR) is 114 cm³/mol. The van der Waals surface area contributed by atoms with E-state index in [-0.39, 0.29) is 25.5 Å². The second-order valence-electron chi connectivity index (χ2n) is 7.47. The van der Waals surface area contributed by atoms with Gasteiger partial charge in [0.05, 0.1) is 18.7 Å². The summed E-state index contributed by atoms with van der Waals surface area (Å²) < 4.78 is 39.0. The molecule has 2 aromatic heterocycles. The Hall–Kier alpha value is -3.46. The number of alkyl halides is 3. The van der Waals surface area contributed by atoms with E-state index in [9.17, 15) is 23.1 Å². The van der Waals surface area contributed by atoms with Crippen molar-refractivity contribution in [2.75, 3.05) is 29.9 Å². The van der Waals surface area contributed by atoms with Crippen LogP contribution >= 0.6 is 0 Å². The number of hydrogen-bond donors (Lipinski definition) is 2. The number of aliphatic hydroxyl groups excluding tert-OH is 1. The fourth-order valence-electron chi connectivity index (χ4n) is 3.80. The minimum atomic E-state index is -4.47. The maximum Gasteiger partial charge on any atom is 0.417 e. The molecule has 1 amide bonds. The summed E-state index contributed by atoms with van der Waals surface area (Å²) in [7, 11) is 0. The van der Waals surface area contributed by atoms with Crippen LogP contribution in [0.15, 0.2) is 55.0 Å². The van der Waals surface area contributed by atoms with Gasteiger partial charge in [-0.05, 0) is 59.9 Å². The molecule has 1 aliphatic heterocycles. The summed E-state index contributed by atoms with van der Waals surface area (Å²) >= 11 is 0. The van der Waals surface area contributed by atoms with E-state index in [1.165, 1.54) is 17.3 Å². The third kappa shape index (κ3) is 4.57. The van der Waals surface area contributed by atoms with E-state index in [4.69, 9.17) is 0 Å². The van der Waals surface area contributed by atoms with Crippen molar-refractivity contribution in [1.29, 1.82) is 0 Å².